The van der Waals surface area contributed by atoms with Crippen molar-refractivity contribution in [3.8, 4) is 5.75 Å². The van der Waals surface area contributed by atoms with Crippen LogP contribution in [0.15, 0.2) is 53.4 Å². The second-order valence-electron chi connectivity index (χ2n) is 5.97. The molecule has 27 heavy (non-hydrogen) atoms. The monoisotopic (exact) mass is 394 g/mol. The molecular formula is C19H23FN2O4S. The third-order valence-corrected chi connectivity index (χ3v) is 5.16. The van der Waals surface area contributed by atoms with Gasteiger partial charge in [-0.3, -0.25) is 4.79 Å². The lowest BCUT2D eigenvalue weighted by Gasteiger charge is -2.09. The highest BCUT2D eigenvalue weighted by Crippen LogP contribution is 2.12. The van der Waals surface area contributed by atoms with Gasteiger partial charge in [0.05, 0.1) is 11.5 Å². The Labute approximate surface area is 158 Å². The minimum absolute atomic E-state index is 0.0990. The molecule has 0 aromatic heterocycles. The third kappa shape index (κ3) is 7.36. The second kappa shape index (κ2) is 10.0. The number of carbonyl (C=O) groups excluding carboxylic acids is 1. The summed E-state index contributed by atoms with van der Waals surface area (Å²) >= 11 is 0. The smallest absolute Gasteiger partial charge is 0.240 e. The summed E-state index contributed by atoms with van der Waals surface area (Å²) in [5, 5.41) is 2.64. The fraction of sp³-hybridized carbons (Fsp3) is 0.316. The fourth-order valence-corrected chi connectivity index (χ4v) is 3.29. The minimum Gasteiger partial charge on any atom is -0.493 e. The summed E-state index contributed by atoms with van der Waals surface area (Å²) in [4.78, 5) is 11.9. The highest BCUT2D eigenvalue weighted by Gasteiger charge is 2.12. The predicted octanol–water partition coefficient (Wildman–Crippen LogP) is 2.39. The van der Waals surface area contributed by atoms with Crippen molar-refractivity contribution in [2.45, 2.75) is 24.7 Å². The van der Waals surface area contributed by atoms with Gasteiger partial charge in [-0.05, 0) is 37.6 Å². The lowest BCUT2D eigenvalue weighted by atomic mass is 10.2. The molecule has 0 heterocycles. The highest BCUT2D eigenvalue weighted by molar-refractivity contribution is 7.89. The van der Waals surface area contributed by atoms with Crippen molar-refractivity contribution in [1.82, 2.24) is 10.0 Å². The lowest BCUT2D eigenvalue weighted by molar-refractivity contribution is -0.121. The van der Waals surface area contributed by atoms with E-state index in [0.29, 0.717) is 12.2 Å². The van der Waals surface area contributed by atoms with E-state index in [4.69, 9.17) is 4.74 Å². The van der Waals surface area contributed by atoms with Crippen molar-refractivity contribution < 1.29 is 22.3 Å². The molecule has 1 amide bonds. The number of ether oxygens (including phenoxy) is 1. The van der Waals surface area contributed by atoms with E-state index < -0.39 is 10.0 Å². The van der Waals surface area contributed by atoms with Crippen LogP contribution in [0.2, 0.25) is 0 Å². The van der Waals surface area contributed by atoms with Crippen LogP contribution < -0.4 is 14.8 Å². The van der Waals surface area contributed by atoms with Crippen molar-refractivity contribution in [2.75, 3.05) is 19.7 Å². The Kier molecular flexibility index (Phi) is 7.75. The van der Waals surface area contributed by atoms with Gasteiger partial charge in [-0.25, -0.2) is 17.5 Å². The Balaban J connectivity index is 1.61. The van der Waals surface area contributed by atoms with Crippen LogP contribution in [0.25, 0.3) is 0 Å². The first-order chi connectivity index (χ1) is 12.9. The molecule has 0 aliphatic carbocycles. The Hall–Kier alpha value is -2.45. The predicted molar refractivity (Wildman–Crippen MR) is 101 cm³/mol. The van der Waals surface area contributed by atoms with E-state index in [1.807, 2.05) is 6.92 Å². The highest BCUT2D eigenvalue weighted by atomic mass is 32.2. The zero-order valence-electron chi connectivity index (χ0n) is 15.1. The van der Waals surface area contributed by atoms with Crippen molar-refractivity contribution in [2.24, 2.45) is 0 Å². The summed E-state index contributed by atoms with van der Waals surface area (Å²) < 4.78 is 45.0. The first kappa shape index (κ1) is 20.9. The van der Waals surface area contributed by atoms with Crippen LogP contribution in [-0.2, 0) is 14.8 Å². The molecule has 0 fully saturated rings. The van der Waals surface area contributed by atoms with Crippen molar-refractivity contribution >= 4 is 15.9 Å². The molecular weight excluding hydrogens is 371 g/mol. The summed E-state index contributed by atoms with van der Waals surface area (Å²) in [5.41, 5.74) is 0.975. The number of hydrogen-bond donors (Lipinski definition) is 2. The standard InChI is InChI=1S/C19H23FN2O4S/c1-15-7-9-18(10-8-15)27(24,25)22-12-11-21-19(23)6-3-13-26-17-5-2-4-16(20)14-17/h2,4-5,7-10,14,22H,3,6,11-13H2,1H3,(H,21,23). The van der Waals surface area contributed by atoms with Gasteiger partial charge in [0.15, 0.2) is 0 Å². The minimum atomic E-state index is -3.58. The van der Waals surface area contributed by atoms with Gasteiger partial charge < -0.3 is 10.1 Å². The maximum Gasteiger partial charge on any atom is 0.240 e. The number of sulfonamides is 1. The Morgan fingerprint density at radius 3 is 2.56 bits per heavy atom. The molecule has 0 bridgehead atoms. The fourth-order valence-electron chi connectivity index (χ4n) is 2.26. The molecule has 0 unspecified atom stereocenters. The summed E-state index contributed by atoms with van der Waals surface area (Å²) in [5.74, 6) is -0.161. The van der Waals surface area contributed by atoms with Crippen LogP contribution in [0.4, 0.5) is 4.39 Å². The van der Waals surface area contributed by atoms with Gasteiger partial charge in [0.1, 0.15) is 11.6 Å². The van der Waals surface area contributed by atoms with Crippen LogP contribution in [-0.4, -0.2) is 34.0 Å². The van der Waals surface area contributed by atoms with Crippen LogP contribution in [0.3, 0.4) is 0 Å². The number of aryl methyl sites for hydroxylation is 1. The maximum absolute atomic E-state index is 13.0. The topological polar surface area (TPSA) is 84.5 Å². The maximum atomic E-state index is 13.0. The van der Waals surface area contributed by atoms with E-state index in [0.717, 1.165) is 5.56 Å². The van der Waals surface area contributed by atoms with E-state index in [1.54, 1.807) is 24.3 Å². The largest absolute Gasteiger partial charge is 0.493 e. The summed E-state index contributed by atoms with van der Waals surface area (Å²) in [7, 11) is -3.58. The molecule has 0 atom stereocenters. The number of rotatable bonds is 10. The van der Waals surface area contributed by atoms with Gasteiger partial charge in [0, 0.05) is 25.6 Å². The van der Waals surface area contributed by atoms with Crippen LogP contribution in [0, 0.1) is 12.7 Å². The van der Waals surface area contributed by atoms with E-state index in [-0.39, 0.29) is 42.7 Å². The van der Waals surface area contributed by atoms with E-state index in [2.05, 4.69) is 10.0 Å². The first-order valence-corrected chi connectivity index (χ1v) is 10.1. The summed E-state index contributed by atoms with van der Waals surface area (Å²) in [6, 6.07) is 12.3. The average Bonchev–Trinajstić information content (AvgIpc) is 2.63. The van der Waals surface area contributed by atoms with Crippen LogP contribution >= 0.6 is 0 Å². The van der Waals surface area contributed by atoms with Crippen molar-refractivity contribution in [3.05, 3.63) is 59.9 Å². The van der Waals surface area contributed by atoms with Crippen LogP contribution in [0.5, 0.6) is 5.75 Å². The molecule has 0 radical (unpaired) electrons. The SMILES string of the molecule is Cc1ccc(S(=O)(=O)NCCNC(=O)CCCOc2cccc(F)c2)cc1. The van der Waals surface area contributed by atoms with Gasteiger partial charge in [0.2, 0.25) is 15.9 Å². The molecule has 2 N–H and O–H groups in total. The average molecular weight is 394 g/mol. The van der Waals surface area contributed by atoms with Crippen molar-refractivity contribution in [3.63, 3.8) is 0 Å². The number of carbonyl (C=O) groups is 1. The summed E-state index contributed by atoms with van der Waals surface area (Å²) in [6.07, 6.45) is 0.706. The molecule has 2 aromatic rings. The van der Waals surface area contributed by atoms with E-state index in [9.17, 15) is 17.6 Å². The number of hydrogen-bond acceptors (Lipinski definition) is 4. The molecule has 2 aromatic carbocycles. The molecule has 0 aliphatic heterocycles. The molecule has 6 nitrogen and oxygen atoms in total. The van der Waals surface area contributed by atoms with Gasteiger partial charge in [-0.1, -0.05) is 23.8 Å². The second-order valence-corrected chi connectivity index (χ2v) is 7.74. The zero-order chi connectivity index (χ0) is 19.7. The molecule has 0 saturated carbocycles. The van der Waals surface area contributed by atoms with Gasteiger partial charge >= 0.3 is 0 Å². The number of nitrogens with one attached hydrogen (secondary N) is 2. The molecule has 0 aliphatic rings. The Morgan fingerprint density at radius 1 is 1.11 bits per heavy atom. The normalized spacial score (nSPS) is 11.2. The van der Waals surface area contributed by atoms with E-state index >= 15 is 0 Å². The molecule has 8 heteroatoms. The van der Waals surface area contributed by atoms with E-state index in [1.165, 1.54) is 24.3 Å². The quantitative estimate of drug-likeness (QED) is 0.606. The molecule has 0 spiro atoms. The van der Waals surface area contributed by atoms with Crippen molar-refractivity contribution in [1.29, 1.82) is 0 Å². The third-order valence-electron chi connectivity index (χ3n) is 3.68. The lowest BCUT2D eigenvalue weighted by Crippen LogP contribution is -2.34. The molecule has 146 valence electrons. The van der Waals surface area contributed by atoms with Gasteiger partial charge in [-0.2, -0.15) is 0 Å². The number of halogens is 1. The molecule has 2 rings (SSSR count). The Morgan fingerprint density at radius 2 is 1.85 bits per heavy atom. The zero-order valence-corrected chi connectivity index (χ0v) is 15.9. The summed E-state index contributed by atoms with van der Waals surface area (Å²) in [6.45, 7) is 2.45. The van der Waals surface area contributed by atoms with Gasteiger partial charge in [-0.15, -0.1) is 0 Å². The first-order valence-electron chi connectivity index (χ1n) is 8.58. The van der Waals surface area contributed by atoms with Gasteiger partial charge in [0.25, 0.3) is 0 Å². The Bertz CT molecular complexity index is 854. The number of amides is 1. The van der Waals surface area contributed by atoms with Crippen LogP contribution in [0.1, 0.15) is 18.4 Å². The molecule has 0 saturated heterocycles. The number of benzene rings is 2.